The van der Waals surface area contributed by atoms with E-state index in [1.54, 1.807) is 6.92 Å². The maximum absolute atomic E-state index is 11.7. The lowest BCUT2D eigenvalue weighted by Crippen LogP contribution is -2.50. The lowest BCUT2D eigenvalue weighted by molar-refractivity contribution is -0.126. The minimum atomic E-state index is -0.327. The molecule has 0 radical (unpaired) electrons. The molecule has 1 N–H and O–H groups in total. The zero-order valence-corrected chi connectivity index (χ0v) is 16.6. The van der Waals surface area contributed by atoms with Gasteiger partial charge in [0, 0.05) is 34.8 Å². The molecule has 3 rings (SSSR count). The highest BCUT2D eigenvalue weighted by Gasteiger charge is 2.39. The van der Waals surface area contributed by atoms with Crippen LogP contribution in [0.1, 0.15) is 50.0 Å². The van der Waals surface area contributed by atoms with Crippen LogP contribution in [0.15, 0.2) is 53.0 Å². The number of hydrogen-bond acceptors (Lipinski definition) is 2. The fourth-order valence-corrected chi connectivity index (χ4v) is 3.86. The third kappa shape index (κ3) is 4.63. The average Bonchev–Trinajstić information content (AvgIpc) is 2.54. The molecule has 0 bridgehead atoms. The summed E-state index contributed by atoms with van der Waals surface area (Å²) in [5.74, 6) is -0.0196. The van der Waals surface area contributed by atoms with E-state index in [0.29, 0.717) is 5.02 Å². The van der Waals surface area contributed by atoms with Crippen molar-refractivity contribution in [2.24, 2.45) is 0 Å². The summed E-state index contributed by atoms with van der Waals surface area (Å²) in [6.45, 7) is 3.65. The van der Waals surface area contributed by atoms with Gasteiger partial charge >= 0.3 is 0 Å². The second-order valence-electron chi connectivity index (χ2n) is 6.87. The SMILES string of the molecule is CC(=O)N[C@]1(C)C[C@@H](c2ccc(Cl)cc2)O[C@@H](c2ccc(Br)cc2)C1. The summed E-state index contributed by atoms with van der Waals surface area (Å²) in [5.41, 5.74) is 1.85. The van der Waals surface area contributed by atoms with Gasteiger partial charge in [-0.25, -0.2) is 0 Å². The van der Waals surface area contributed by atoms with Crippen LogP contribution in [0.4, 0.5) is 0 Å². The highest BCUT2D eigenvalue weighted by Crippen LogP contribution is 2.43. The second-order valence-corrected chi connectivity index (χ2v) is 8.22. The standard InChI is InChI=1S/C20H21BrClNO2/c1-13(24)23-20(2)11-18(14-3-7-16(21)8-4-14)25-19(12-20)15-5-9-17(22)10-6-15/h3-10,18-19H,11-12H2,1-2H3,(H,23,24)/t18-,19+,20+/m1/s1. The minimum absolute atomic E-state index is 0.0196. The predicted octanol–water partition coefficient (Wildman–Crippen LogP) is 5.59. The molecule has 0 aliphatic carbocycles. The molecule has 1 fully saturated rings. The van der Waals surface area contributed by atoms with E-state index in [0.717, 1.165) is 28.4 Å². The molecular weight excluding hydrogens is 402 g/mol. The Hall–Kier alpha value is -1.36. The summed E-state index contributed by atoms with van der Waals surface area (Å²) >= 11 is 9.48. The van der Waals surface area contributed by atoms with Gasteiger partial charge in [-0.15, -0.1) is 0 Å². The monoisotopic (exact) mass is 421 g/mol. The Morgan fingerprint density at radius 2 is 1.56 bits per heavy atom. The molecule has 2 aromatic carbocycles. The van der Waals surface area contributed by atoms with Crippen molar-refractivity contribution in [3.63, 3.8) is 0 Å². The number of hydrogen-bond donors (Lipinski definition) is 1. The molecule has 0 unspecified atom stereocenters. The van der Waals surface area contributed by atoms with Gasteiger partial charge in [0.2, 0.25) is 5.91 Å². The predicted molar refractivity (Wildman–Crippen MR) is 104 cm³/mol. The van der Waals surface area contributed by atoms with Crippen molar-refractivity contribution in [3.8, 4) is 0 Å². The second kappa shape index (κ2) is 7.48. The minimum Gasteiger partial charge on any atom is -0.365 e. The highest BCUT2D eigenvalue weighted by atomic mass is 79.9. The van der Waals surface area contributed by atoms with Gasteiger partial charge in [-0.2, -0.15) is 0 Å². The largest absolute Gasteiger partial charge is 0.365 e. The number of ether oxygens (including phenoxy) is 1. The van der Waals surface area contributed by atoms with Crippen LogP contribution in [0.3, 0.4) is 0 Å². The molecule has 0 saturated carbocycles. The van der Waals surface area contributed by atoms with Crippen LogP contribution in [0.25, 0.3) is 0 Å². The fourth-order valence-electron chi connectivity index (χ4n) is 3.47. The van der Waals surface area contributed by atoms with Crippen LogP contribution in [0.2, 0.25) is 5.02 Å². The molecule has 25 heavy (non-hydrogen) atoms. The van der Waals surface area contributed by atoms with E-state index in [-0.39, 0.29) is 23.7 Å². The molecule has 3 atom stereocenters. The number of benzene rings is 2. The smallest absolute Gasteiger partial charge is 0.217 e. The van der Waals surface area contributed by atoms with Gasteiger partial charge in [-0.05, 0) is 42.3 Å². The number of nitrogens with one attached hydrogen (secondary N) is 1. The summed E-state index contributed by atoms with van der Waals surface area (Å²) in [5, 5.41) is 3.83. The molecule has 5 heteroatoms. The Morgan fingerprint density at radius 3 is 2.04 bits per heavy atom. The number of rotatable bonds is 3. The van der Waals surface area contributed by atoms with E-state index in [4.69, 9.17) is 16.3 Å². The van der Waals surface area contributed by atoms with Crippen molar-refractivity contribution in [3.05, 3.63) is 69.2 Å². The van der Waals surface area contributed by atoms with E-state index in [9.17, 15) is 4.79 Å². The van der Waals surface area contributed by atoms with Crippen LogP contribution in [-0.4, -0.2) is 11.4 Å². The highest BCUT2D eigenvalue weighted by molar-refractivity contribution is 9.10. The van der Waals surface area contributed by atoms with Gasteiger partial charge < -0.3 is 10.1 Å². The van der Waals surface area contributed by atoms with Crippen molar-refractivity contribution in [2.75, 3.05) is 0 Å². The summed E-state index contributed by atoms with van der Waals surface area (Å²) < 4.78 is 7.44. The van der Waals surface area contributed by atoms with Gasteiger partial charge in [-0.3, -0.25) is 4.79 Å². The molecular formula is C20H21BrClNO2. The van der Waals surface area contributed by atoms with Crippen LogP contribution >= 0.6 is 27.5 Å². The first-order valence-corrected chi connectivity index (χ1v) is 9.47. The van der Waals surface area contributed by atoms with Crippen molar-refractivity contribution >= 4 is 33.4 Å². The van der Waals surface area contributed by atoms with E-state index < -0.39 is 0 Å². The Balaban J connectivity index is 1.91. The topological polar surface area (TPSA) is 38.3 Å². The number of amides is 1. The Bertz CT molecular complexity index is 692. The molecule has 1 saturated heterocycles. The van der Waals surface area contributed by atoms with Crippen molar-refractivity contribution in [2.45, 2.75) is 44.4 Å². The average molecular weight is 423 g/mol. The van der Waals surface area contributed by atoms with Gasteiger partial charge in [0.25, 0.3) is 0 Å². The fraction of sp³-hybridized carbons (Fsp3) is 0.350. The van der Waals surface area contributed by atoms with Gasteiger partial charge in [0.1, 0.15) is 0 Å². The molecule has 0 spiro atoms. The zero-order valence-electron chi connectivity index (χ0n) is 14.3. The first-order chi connectivity index (χ1) is 11.8. The molecule has 132 valence electrons. The third-order valence-electron chi connectivity index (χ3n) is 4.56. The lowest BCUT2D eigenvalue weighted by atomic mass is 9.81. The van der Waals surface area contributed by atoms with E-state index in [1.807, 2.05) is 36.4 Å². The number of carbonyl (C=O) groups excluding carboxylic acids is 1. The van der Waals surface area contributed by atoms with Crippen LogP contribution in [-0.2, 0) is 9.53 Å². The molecule has 1 heterocycles. The number of carbonyl (C=O) groups is 1. The van der Waals surface area contributed by atoms with Gasteiger partial charge in [-0.1, -0.05) is 51.8 Å². The summed E-state index contributed by atoms with van der Waals surface area (Å²) in [7, 11) is 0. The first-order valence-electron chi connectivity index (χ1n) is 8.30. The van der Waals surface area contributed by atoms with Crippen molar-refractivity contribution < 1.29 is 9.53 Å². The number of halogens is 2. The first kappa shape index (κ1) is 18.4. The molecule has 0 aromatic heterocycles. The van der Waals surface area contributed by atoms with Crippen LogP contribution < -0.4 is 5.32 Å². The van der Waals surface area contributed by atoms with E-state index in [2.05, 4.69) is 40.3 Å². The van der Waals surface area contributed by atoms with Gasteiger partial charge in [0.05, 0.1) is 12.2 Å². The molecule has 1 aliphatic rings. The molecule has 3 nitrogen and oxygen atoms in total. The quantitative estimate of drug-likeness (QED) is 0.700. The van der Waals surface area contributed by atoms with Crippen LogP contribution in [0, 0.1) is 0 Å². The zero-order chi connectivity index (χ0) is 18.0. The molecule has 2 aromatic rings. The Labute approximate surface area is 161 Å². The Kier molecular flexibility index (Phi) is 5.52. The maximum Gasteiger partial charge on any atom is 0.217 e. The van der Waals surface area contributed by atoms with E-state index in [1.165, 1.54) is 0 Å². The summed E-state index contributed by atoms with van der Waals surface area (Å²) in [4.78, 5) is 11.7. The van der Waals surface area contributed by atoms with Crippen molar-refractivity contribution in [1.29, 1.82) is 0 Å². The molecule has 1 amide bonds. The van der Waals surface area contributed by atoms with E-state index >= 15 is 0 Å². The molecule has 1 aliphatic heterocycles. The Morgan fingerprint density at radius 1 is 1.08 bits per heavy atom. The summed E-state index contributed by atoms with van der Waals surface area (Å²) in [6, 6.07) is 15.9. The van der Waals surface area contributed by atoms with Crippen LogP contribution in [0.5, 0.6) is 0 Å². The lowest BCUT2D eigenvalue weighted by Gasteiger charge is -2.43. The third-order valence-corrected chi connectivity index (χ3v) is 5.34. The van der Waals surface area contributed by atoms with Crippen molar-refractivity contribution in [1.82, 2.24) is 5.32 Å². The summed E-state index contributed by atoms with van der Waals surface area (Å²) in [6.07, 6.45) is 1.27. The van der Waals surface area contributed by atoms with Gasteiger partial charge in [0.15, 0.2) is 0 Å². The maximum atomic E-state index is 11.7. The normalized spacial score (nSPS) is 26.2.